The summed E-state index contributed by atoms with van der Waals surface area (Å²) in [5, 5.41) is 13.2. The maximum atomic E-state index is 12.4. The zero-order valence-electron chi connectivity index (χ0n) is 14.1. The first-order valence-electron chi connectivity index (χ1n) is 8.01. The Morgan fingerprint density at radius 2 is 1.59 bits per heavy atom. The summed E-state index contributed by atoms with van der Waals surface area (Å²) in [4.78, 5) is 25.5. The fourth-order valence-corrected chi connectivity index (χ4v) is 3.04. The van der Waals surface area contributed by atoms with Crippen LogP contribution in [0, 0.1) is 0 Å². The van der Waals surface area contributed by atoms with Crippen molar-refractivity contribution in [3.8, 4) is 5.75 Å². The molecule has 7 heteroatoms. The molecule has 0 heterocycles. The molecule has 0 atom stereocenters. The topological polar surface area (TPSA) is 95.7 Å². The molecular weight excluding hydrogens is 410 g/mol. The monoisotopic (exact) mass is 425 g/mol. The lowest BCUT2D eigenvalue weighted by molar-refractivity contribution is 0.102. The number of halogens is 1. The number of phenolic OH excluding ortho intramolecular Hbond substituents is 1. The quantitative estimate of drug-likeness (QED) is 0.568. The van der Waals surface area contributed by atoms with Gasteiger partial charge >= 0.3 is 6.03 Å². The van der Waals surface area contributed by atoms with Gasteiger partial charge in [-0.1, -0.05) is 30.3 Å². The molecule has 3 aromatic carbocycles. The first-order chi connectivity index (χ1) is 13.0. The normalized spacial score (nSPS) is 10.3. The molecule has 0 bridgehead atoms. The SMILES string of the molecule is NC(=O)N(c1ccc(C(=O)Nc2ccccc2)cc1O)c1ccccc1Br. The summed E-state index contributed by atoms with van der Waals surface area (Å²) in [6.45, 7) is 0. The number of primary amides is 1. The van der Waals surface area contributed by atoms with Gasteiger partial charge in [0, 0.05) is 15.7 Å². The maximum Gasteiger partial charge on any atom is 0.324 e. The van der Waals surface area contributed by atoms with E-state index < -0.39 is 6.03 Å². The van der Waals surface area contributed by atoms with Crippen LogP contribution in [0.5, 0.6) is 5.75 Å². The van der Waals surface area contributed by atoms with E-state index in [0.717, 1.165) is 4.90 Å². The number of benzene rings is 3. The van der Waals surface area contributed by atoms with E-state index in [1.165, 1.54) is 18.2 Å². The summed E-state index contributed by atoms with van der Waals surface area (Å²) < 4.78 is 0.633. The number of phenols is 1. The van der Waals surface area contributed by atoms with Crippen molar-refractivity contribution in [1.29, 1.82) is 0 Å². The molecule has 0 saturated carbocycles. The Balaban J connectivity index is 1.92. The lowest BCUT2D eigenvalue weighted by atomic mass is 10.1. The number of urea groups is 1. The summed E-state index contributed by atoms with van der Waals surface area (Å²) in [6, 6.07) is 19.5. The van der Waals surface area contributed by atoms with Crippen molar-refractivity contribution in [3.05, 3.63) is 82.8 Å². The lowest BCUT2D eigenvalue weighted by Gasteiger charge is -2.23. The number of carbonyl (C=O) groups is 2. The van der Waals surface area contributed by atoms with Gasteiger partial charge in [0.2, 0.25) is 0 Å². The van der Waals surface area contributed by atoms with Gasteiger partial charge in [0.25, 0.3) is 5.91 Å². The van der Waals surface area contributed by atoms with Gasteiger partial charge in [0.15, 0.2) is 0 Å². The maximum absolute atomic E-state index is 12.4. The number of amides is 3. The van der Waals surface area contributed by atoms with Crippen molar-refractivity contribution in [2.45, 2.75) is 0 Å². The Morgan fingerprint density at radius 1 is 0.926 bits per heavy atom. The minimum Gasteiger partial charge on any atom is -0.506 e. The van der Waals surface area contributed by atoms with E-state index in [2.05, 4.69) is 21.2 Å². The van der Waals surface area contributed by atoms with Crippen molar-refractivity contribution in [2.75, 3.05) is 10.2 Å². The number of carbonyl (C=O) groups excluding carboxylic acids is 2. The van der Waals surface area contributed by atoms with Crippen LogP contribution in [-0.2, 0) is 0 Å². The van der Waals surface area contributed by atoms with Crippen LogP contribution in [0.1, 0.15) is 10.4 Å². The molecule has 0 radical (unpaired) electrons. The molecule has 3 amide bonds. The van der Waals surface area contributed by atoms with Crippen molar-refractivity contribution in [2.24, 2.45) is 5.73 Å². The number of nitrogens with two attached hydrogens (primary N) is 1. The molecule has 4 N–H and O–H groups in total. The fraction of sp³-hybridized carbons (Fsp3) is 0. The van der Waals surface area contributed by atoms with E-state index >= 15 is 0 Å². The molecule has 6 nitrogen and oxygen atoms in total. The Kier molecular flexibility index (Phi) is 5.42. The summed E-state index contributed by atoms with van der Waals surface area (Å²) in [5.41, 5.74) is 7.04. The third-order valence-corrected chi connectivity index (χ3v) is 4.49. The molecule has 0 aliphatic heterocycles. The largest absolute Gasteiger partial charge is 0.506 e. The summed E-state index contributed by atoms with van der Waals surface area (Å²) >= 11 is 3.37. The van der Waals surface area contributed by atoms with Gasteiger partial charge in [0.05, 0.1) is 11.4 Å². The van der Waals surface area contributed by atoms with E-state index in [4.69, 9.17) is 5.73 Å². The standard InChI is InChI=1S/C20H16BrN3O3/c21-15-8-4-5-9-16(15)24(20(22)27)17-11-10-13(12-18(17)25)19(26)23-14-6-2-1-3-7-14/h1-12,25H,(H2,22,27)(H,23,26). The van der Waals surface area contributed by atoms with Crippen molar-refractivity contribution >= 4 is 44.9 Å². The molecule has 136 valence electrons. The average molecular weight is 426 g/mol. The van der Waals surface area contributed by atoms with E-state index in [1.54, 1.807) is 48.5 Å². The number of para-hydroxylation sites is 2. The molecule has 0 fully saturated rings. The Morgan fingerprint density at radius 3 is 2.22 bits per heavy atom. The second-order valence-electron chi connectivity index (χ2n) is 5.65. The fourth-order valence-electron chi connectivity index (χ4n) is 2.58. The van der Waals surface area contributed by atoms with Crippen LogP contribution < -0.4 is 16.0 Å². The minimum atomic E-state index is -0.765. The zero-order valence-corrected chi connectivity index (χ0v) is 15.7. The smallest absolute Gasteiger partial charge is 0.324 e. The highest BCUT2D eigenvalue weighted by atomic mass is 79.9. The van der Waals surface area contributed by atoms with Crippen LogP contribution in [-0.4, -0.2) is 17.0 Å². The number of hydrogen-bond donors (Lipinski definition) is 3. The van der Waals surface area contributed by atoms with Gasteiger partial charge < -0.3 is 16.2 Å². The lowest BCUT2D eigenvalue weighted by Crippen LogP contribution is -2.31. The van der Waals surface area contributed by atoms with E-state index in [-0.39, 0.29) is 22.9 Å². The van der Waals surface area contributed by atoms with Crippen LogP contribution in [0.15, 0.2) is 77.3 Å². The predicted molar refractivity (Wildman–Crippen MR) is 108 cm³/mol. The number of anilines is 3. The zero-order chi connectivity index (χ0) is 19.4. The molecule has 0 aliphatic rings. The number of rotatable bonds is 4. The first-order valence-corrected chi connectivity index (χ1v) is 8.80. The molecule has 3 aromatic rings. The molecule has 3 rings (SSSR count). The van der Waals surface area contributed by atoms with Crippen LogP contribution in [0.4, 0.5) is 21.9 Å². The molecular formula is C20H16BrN3O3. The van der Waals surface area contributed by atoms with Crippen LogP contribution in [0.25, 0.3) is 0 Å². The third kappa shape index (κ3) is 4.09. The van der Waals surface area contributed by atoms with Gasteiger partial charge in [-0.3, -0.25) is 9.69 Å². The average Bonchev–Trinajstić information content (AvgIpc) is 2.65. The van der Waals surface area contributed by atoms with Crippen LogP contribution in [0.2, 0.25) is 0 Å². The second kappa shape index (κ2) is 7.92. The van der Waals surface area contributed by atoms with Crippen molar-refractivity contribution < 1.29 is 14.7 Å². The summed E-state index contributed by atoms with van der Waals surface area (Å²) in [5.74, 6) is -0.625. The Bertz CT molecular complexity index is 993. The van der Waals surface area contributed by atoms with Crippen LogP contribution in [0.3, 0.4) is 0 Å². The Labute approximate surface area is 164 Å². The predicted octanol–water partition coefficient (Wildman–Crippen LogP) is 4.62. The highest BCUT2D eigenvalue weighted by Crippen LogP contribution is 2.37. The first kappa shape index (κ1) is 18.5. The number of nitrogens with zero attached hydrogens (tertiary/aromatic N) is 1. The van der Waals surface area contributed by atoms with E-state index in [1.807, 2.05) is 6.07 Å². The summed E-state index contributed by atoms with van der Waals surface area (Å²) in [6.07, 6.45) is 0. The van der Waals surface area contributed by atoms with Gasteiger partial charge in [-0.25, -0.2) is 4.79 Å². The molecule has 0 aliphatic carbocycles. The van der Waals surface area contributed by atoms with Gasteiger partial charge in [-0.2, -0.15) is 0 Å². The molecule has 0 aromatic heterocycles. The van der Waals surface area contributed by atoms with E-state index in [0.29, 0.717) is 15.8 Å². The number of aromatic hydroxyl groups is 1. The number of hydrogen-bond acceptors (Lipinski definition) is 3. The summed E-state index contributed by atoms with van der Waals surface area (Å²) in [7, 11) is 0. The highest BCUT2D eigenvalue weighted by molar-refractivity contribution is 9.10. The second-order valence-corrected chi connectivity index (χ2v) is 6.50. The number of nitrogens with one attached hydrogen (secondary N) is 1. The van der Waals surface area contributed by atoms with Gasteiger partial charge in [-0.15, -0.1) is 0 Å². The van der Waals surface area contributed by atoms with Crippen LogP contribution >= 0.6 is 15.9 Å². The highest BCUT2D eigenvalue weighted by Gasteiger charge is 2.21. The van der Waals surface area contributed by atoms with Gasteiger partial charge in [0.1, 0.15) is 5.75 Å². The van der Waals surface area contributed by atoms with Crippen molar-refractivity contribution in [3.63, 3.8) is 0 Å². The third-order valence-electron chi connectivity index (χ3n) is 3.82. The molecule has 0 spiro atoms. The Hall–Kier alpha value is -3.32. The van der Waals surface area contributed by atoms with E-state index in [9.17, 15) is 14.7 Å². The molecule has 0 unspecified atom stereocenters. The molecule has 27 heavy (non-hydrogen) atoms. The minimum absolute atomic E-state index is 0.172. The molecule has 0 saturated heterocycles. The van der Waals surface area contributed by atoms with Crippen molar-refractivity contribution in [1.82, 2.24) is 0 Å². The van der Waals surface area contributed by atoms with Gasteiger partial charge in [-0.05, 0) is 58.4 Å².